The van der Waals surface area contributed by atoms with Crippen LogP contribution in [0.1, 0.15) is 19.3 Å². The number of carbonyl (C=O) groups is 1. The lowest BCUT2D eigenvalue weighted by Crippen LogP contribution is -2.41. The molecule has 0 aromatic carbocycles. The van der Waals surface area contributed by atoms with Crippen LogP contribution in [-0.4, -0.2) is 30.5 Å². The van der Waals surface area contributed by atoms with Crippen LogP contribution in [0.2, 0.25) is 0 Å². The summed E-state index contributed by atoms with van der Waals surface area (Å²) >= 11 is 1.68. The quantitative estimate of drug-likeness (QED) is 0.606. The maximum atomic E-state index is 11.3. The number of nitrogens with two attached hydrogens (primary N) is 1. The van der Waals surface area contributed by atoms with Crippen molar-refractivity contribution in [2.24, 2.45) is 5.73 Å². The summed E-state index contributed by atoms with van der Waals surface area (Å²) in [6, 6.07) is 1.61. The van der Waals surface area contributed by atoms with Crippen LogP contribution in [0, 0.1) is 11.3 Å². The van der Waals surface area contributed by atoms with Crippen molar-refractivity contribution in [1.29, 1.82) is 5.26 Å². The van der Waals surface area contributed by atoms with Gasteiger partial charge in [-0.3, -0.25) is 4.79 Å². The molecular weight excluding hydrogens is 198 g/mol. The SMILES string of the molecule is CSCC[C@@H](N)C(=O)NCCCC#N. The highest BCUT2D eigenvalue weighted by molar-refractivity contribution is 7.98. The molecule has 0 radical (unpaired) electrons. The average molecular weight is 215 g/mol. The zero-order chi connectivity index (χ0) is 10.8. The van der Waals surface area contributed by atoms with Gasteiger partial charge in [-0.25, -0.2) is 0 Å². The van der Waals surface area contributed by atoms with Gasteiger partial charge in [0.1, 0.15) is 0 Å². The molecule has 14 heavy (non-hydrogen) atoms. The summed E-state index contributed by atoms with van der Waals surface area (Å²) in [5.74, 6) is 0.782. The molecule has 0 heterocycles. The molecule has 0 rings (SSSR count). The Bertz CT molecular complexity index is 203. The molecule has 0 aliphatic rings. The van der Waals surface area contributed by atoms with E-state index in [0.29, 0.717) is 25.8 Å². The fourth-order valence-corrected chi connectivity index (χ4v) is 1.38. The predicted molar refractivity (Wildman–Crippen MR) is 58.8 cm³/mol. The van der Waals surface area contributed by atoms with E-state index in [9.17, 15) is 4.79 Å². The second-order valence-electron chi connectivity index (χ2n) is 2.94. The number of carbonyl (C=O) groups excluding carboxylic acids is 1. The van der Waals surface area contributed by atoms with Crippen molar-refractivity contribution in [3.05, 3.63) is 0 Å². The van der Waals surface area contributed by atoms with Crippen molar-refractivity contribution in [2.45, 2.75) is 25.3 Å². The Hall–Kier alpha value is -0.730. The molecule has 5 heteroatoms. The van der Waals surface area contributed by atoms with Crippen LogP contribution in [-0.2, 0) is 4.79 Å². The molecule has 1 atom stereocenters. The van der Waals surface area contributed by atoms with E-state index in [-0.39, 0.29) is 5.91 Å². The normalized spacial score (nSPS) is 11.8. The molecule has 0 aromatic rings. The molecule has 4 nitrogen and oxygen atoms in total. The molecule has 0 aliphatic carbocycles. The first-order chi connectivity index (χ1) is 6.72. The summed E-state index contributed by atoms with van der Waals surface area (Å²) in [6.45, 7) is 0.541. The lowest BCUT2D eigenvalue weighted by atomic mass is 10.2. The summed E-state index contributed by atoms with van der Waals surface area (Å²) in [7, 11) is 0. The molecule has 0 aromatic heterocycles. The molecule has 0 spiro atoms. The number of nitriles is 1. The number of thioether (sulfide) groups is 1. The van der Waals surface area contributed by atoms with Gasteiger partial charge < -0.3 is 11.1 Å². The third-order valence-electron chi connectivity index (χ3n) is 1.73. The summed E-state index contributed by atoms with van der Waals surface area (Å²) < 4.78 is 0. The van der Waals surface area contributed by atoms with E-state index in [1.165, 1.54) is 0 Å². The van der Waals surface area contributed by atoms with Crippen LogP contribution < -0.4 is 11.1 Å². The van der Waals surface area contributed by atoms with Gasteiger partial charge in [0.25, 0.3) is 0 Å². The molecular formula is C9H17N3OS. The molecule has 3 N–H and O–H groups in total. The maximum absolute atomic E-state index is 11.3. The van der Waals surface area contributed by atoms with Crippen molar-refractivity contribution in [1.82, 2.24) is 5.32 Å². The molecule has 0 fully saturated rings. The lowest BCUT2D eigenvalue weighted by Gasteiger charge is -2.10. The van der Waals surface area contributed by atoms with Crippen molar-refractivity contribution < 1.29 is 4.79 Å². The molecule has 0 saturated carbocycles. The Balaban J connectivity index is 3.47. The average Bonchev–Trinajstić information content (AvgIpc) is 2.20. The van der Waals surface area contributed by atoms with E-state index in [0.717, 1.165) is 5.75 Å². The zero-order valence-electron chi connectivity index (χ0n) is 8.45. The number of hydrogen-bond acceptors (Lipinski definition) is 4. The van der Waals surface area contributed by atoms with E-state index >= 15 is 0 Å². The second-order valence-corrected chi connectivity index (χ2v) is 3.93. The highest BCUT2D eigenvalue weighted by Gasteiger charge is 2.11. The van der Waals surface area contributed by atoms with Gasteiger partial charge in [0.2, 0.25) is 5.91 Å². The van der Waals surface area contributed by atoms with Crippen LogP contribution in [0.4, 0.5) is 0 Å². The molecule has 0 saturated heterocycles. The second kappa shape index (κ2) is 8.85. The van der Waals surface area contributed by atoms with Gasteiger partial charge in [0.05, 0.1) is 12.1 Å². The van der Waals surface area contributed by atoms with Crippen LogP contribution in [0.3, 0.4) is 0 Å². The Morgan fingerprint density at radius 2 is 2.43 bits per heavy atom. The Morgan fingerprint density at radius 3 is 3.00 bits per heavy atom. The van der Waals surface area contributed by atoms with E-state index in [4.69, 9.17) is 11.0 Å². The van der Waals surface area contributed by atoms with Gasteiger partial charge in [0, 0.05) is 13.0 Å². The molecule has 80 valence electrons. The van der Waals surface area contributed by atoms with Crippen molar-refractivity contribution in [2.75, 3.05) is 18.6 Å². The number of nitrogens with zero attached hydrogens (tertiary/aromatic N) is 1. The summed E-state index contributed by atoms with van der Waals surface area (Å²) in [5, 5.41) is 11.0. The fraction of sp³-hybridized carbons (Fsp3) is 0.778. The molecule has 0 unspecified atom stereocenters. The van der Waals surface area contributed by atoms with Gasteiger partial charge in [-0.2, -0.15) is 17.0 Å². The predicted octanol–water partition coefficient (Wildman–Crippen LogP) is 0.487. The summed E-state index contributed by atoms with van der Waals surface area (Å²) in [5.41, 5.74) is 5.63. The lowest BCUT2D eigenvalue weighted by molar-refractivity contribution is -0.122. The molecule has 1 amide bonds. The monoisotopic (exact) mass is 215 g/mol. The first kappa shape index (κ1) is 13.3. The highest BCUT2D eigenvalue weighted by Crippen LogP contribution is 1.98. The minimum absolute atomic E-state index is 0.114. The van der Waals surface area contributed by atoms with Crippen LogP contribution >= 0.6 is 11.8 Å². The molecule has 0 bridgehead atoms. The smallest absolute Gasteiger partial charge is 0.236 e. The standard InChI is InChI=1S/C9H17N3OS/c1-14-7-4-8(11)9(13)12-6-3-2-5-10/h8H,2-4,6-7,11H2,1H3,(H,12,13)/t8-/m1/s1. The third kappa shape index (κ3) is 6.75. The largest absolute Gasteiger partial charge is 0.355 e. The van der Waals surface area contributed by atoms with Gasteiger partial charge in [-0.15, -0.1) is 0 Å². The summed E-state index contributed by atoms with van der Waals surface area (Å²) in [4.78, 5) is 11.3. The van der Waals surface area contributed by atoms with Crippen molar-refractivity contribution in [3.63, 3.8) is 0 Å². The number of rotatable bonds is 7. The third-order valence-corrected chi connectivity index (χ3v) is 2.38. The Kier molecular flexibility index (Phi) is 8.39. The first-order valence-corrected chi connectivity index (χ1v) is 6.01. The van der Waals surface area contributed by atoms with Crippen molar-refractivity contribution in [3.8, 4) is 6.07 Å². The van der Waals surface area contributed by atoms with E-state index in [1.54, 1.807) is 11.8 Å². The number of hydrogen-bond donors (Lipinski definition) is 2. The van der Waals surface area contributed by atoms with Crippen molar-refractivity contribution >= 4 is 17.7 Å². The van der Waals surface area contributed by atoms with Crippen LogP contribution in [0.15, 0.2) is 0 Å². The minimum Gasteiger partial charge on any atom is -0.355 e. The minimum atomic E-state index is -0.412. The van der Waals surface area contributed by atoms with Gasteiger partial charge in [-0.05, 0) is 24.9 Å². The zero-order valence-corrected chi connectivity index (χ0v) is 9.27. The van der Waals surface area contributed by atoms with Crippen LogP contribution in [0.25, 0.3) is 0 Å². The van der Waals surface area contributed by atoms with E-state index in [2.05, 4.69) is 5.32 Å². The highest BCUT2D eigenvalue weighted by atomic mass is 32.2. The van der Waals surface area contributed by atoms with Gasteiger partial charge >= 0.3 is 0 Å². The van der Waals surface area contributed by atoms with Crippen LogP contribution in [0.5, 0.6) is 0 Å². The molecule has 0 aliphatic heterocycles. The number of amides is 1. The fourth-order valence-electron chi connectivity index (χ4n) is 0.886. The maximum Gasteiger partial charge on any atom is 0.236 e. The Morgan fingerprint density at radius 1 is 1.71 bits per heavy atom. The first-order valence-electron chi connectivity index (χ1n) is 4.61. The van der Waals surface area contributed by atoms with E-state index in [1.807, 2.05) is 12.3 Å². The van der Waals surface area contributed by atoms with Gasteiger partial charge in [-0.1, -0.05) is 0 Å². The number of nitrogens with one attached hydrogen (secondary N) is 1. The topological polar surface area (TPSA) is 78.9 Å². The van der Waals surface area contributed by atoms with Gasteiger partial charge in [0.15, 0.2) is 0 Å². The Labute approximate surface area is 89.2 Å². The van der Waals surface area contributed by atoms with E-state index < -0.39 is 6.04 Å². The number of unbranched alkanes of at least 4 members (excludes halogenated alkanes) is 1. The summed E-state index contributed by atoms with van der Waals surface area (Å²) in [6.07, 6.45) is 3.85.